The van der Waals surface area contributed by atoms with Crippen LogP contribution in [0.3, 0.4) is 0 Å². The predicted molar refractivity (Wildman–Crippen MR) is 109 cm³/mol. The molecule has 142 valence electrons. The Balaban J connectivity index is 1.53. The molecule has 1 atom stereocenters. The third-order valence-corrected chi connectivity index (χ3v) is 5.22. The van der Waals surface area contributed by atoms with Crippen LogP contribution in [0.2, 0.25) is 5.02 Å². The zero-order valence-electron chi connectivity index (χ0n) is 14.7. The summed E-state index contributed by atoms with van der Waals surface area (Å²) < 4.78 is 6.40. The van der Waals surface area contributed by atoms with E-state index in [0.717, 1.165) is 23.0 Å². The van der Waals surface area contributed by atoms with Gasteiger partial charge in [0.25, 0.3) is 5.91 Å². The lowest BCUT2D eigenvalue weighted by Gasteiger charge is -2.32. The number of amides is 2. The van der Waals surface area contributed by atoms with Gasteiger partial charge >= 0.3 is 0 Å². The van der Waals surface area contributed by atoms with Crippen molar-refractivity contribution in [3.8, 4) is 5.75 Å². The van der Waals surface area contributed by atoms with Gasteiger partial charge in [-0.15, -0.1) is 0 Å². The Labute approximate surface area is 171 Å². The summed E-state index contributed by atoms with van der Waals surface area (Å²) in [6.45, 7) is 0.925. The van der Waals surface area contributed by atoms with Gasteiger partial charge in [-0.1, -0.05) is 45.7 Å². The van der Waals surface area contributed by atoms with Gasteiger partial charge in [-0.05, 0) is 43.2 Å². The van der Waals surface area contributed by atoms with Crippen LogP contribution < -0.4 is 10.1 Å². The fraction of sp³-hybridized carbons (Fsp3) is 0.300. The van der Waals surface area contributed by atoms with Crippen molar-refractivity contribution in [3.63, 3.8) is 0 Å². The summed E-state index contributed by atoms with van der Waals surface area (Å²) in [5.74, 6) is 0.0320. The maximum Gasteiger partial charge on any atom is 0.260 e. The number of para-hydroxylation sites is 1. The van der Waals surface area contributed by atoms with Gasteiger partial charge in [-0.25, -0.2) is 0 Å². The molecule has 1 heterocycles. The molecule has 1 N–H and O–H groups in total. The van der Waals surface area contributed by atoms with Crippen LogP contribution in [0.1, 0.15) is 12.8 Å². The molecular weight excluding hydrogens is 432 g/mol. The predicted octanol–water partition coefficient (Wildman–Crippen LogP) is 4.36. The molecule has 0 unspecified atom stereocenters. The molecule has 1 aliphatic heterocycles. The second-order valence-corrected chi connectivity index (χ2v) is 7.72. The molecule has 0 spiro atoms. The highest BCUT2D eigenvalue weighted by atomic mass is 79.9. The summed E-state index contributed by atoms with van der Waals surface area (Å²) in [6, 6.07) is 14.6. The third-order valence-electron chi connectivity index (χ3n) is 4.43. The average molecular weight is 452 g/mol. The number of hydrogen-bond donors (Lipinski definition) is 1. The van der Waals surface area contributed by atoms with E-state index in [0.29, 0.717) is 23.9 Å². The minimum Gasteiger partial charge on any atom is -0.482 e. The van der Waals surface area contributed by atoms with Crippen molar-refractivity contribution in [1.82, 2.24) is 4.90 Å². The van der Waals surface area contributed by atoms with Crippen LogP contribution in [0.15, 0.2) is 53.0 Å². The zero-order chi connectivity index (χ0) is 19.2. The Morgan fingerprint density at radius 1 is 1.22 bits per heavy atom. The highest BCUT2D eigenvalue weighted by Gasteiger charge is 2.28. The first-order valence-electron chi connectivity index (χ1n) is 8.74. The van der Waals surface area contributed by atoms with Crippen molar-refractivity contribution in [2.75, 3.05) is 25.0 Å². The summed E-state index contributed by atoms with van der Waals surface area (Å²) in [5.41, 5.74) is 0.763. The van der Waals surface area contributed by atoms with Gasteiger partial charge in [-0.2, -0.15) is 0 Å². The molecule has 5 nitrogen and oxygen atoms in total. The fourth-order valence-electron chi connectivity index (χ4n) is 3.01. The first-order valence-corrected chi connectivity index (χ1v) is 9.91. The number of rotatable bonds is 5. The van der Waals surface area contributed by atoms with Gasteiger partial charge in [0.15, 0.2) is 6.61 Å². The van der Waals surface area contributed by atoms with Crippen LogP contribution >= 0.6 is 27.5 Å². The highest BCUT2D eigenvalue weighted by Crippen LogP contribution is 2.28. The maximum atomic E-state index is 12.5. The third kappa shape index (κ3) is 5.47. The van der Waals surface area contributed by atoms with E-state index in [1.54, 1.807) is 23.1 Å². The summed E-state index contributed by atoms with van der Waals surface area (Å²) in [5, 5.41) is 3.35. The summed E-state index contributed by atoms with van der Waals surface area (Å²) in [6.07, 6.45) is 1.56. The van der Waals surface area contributed by atoms with Crippen LogP contribution in [0.25, 0.3) is 0 Å². The Bertz CT molecular complexity index is 816. The van der Waals surface area contributed by atoms with Crippen LogP contribution in [-0.2, 0) is 9.59 Å². The number of nitrogens with one attached hydrogen (secondary N) is 1. The van der Waals surface area contributed by atoms with E-state index in [-0.39, 0.29) is 24.3 Å². The number of benzene rings is 2. The van der Waals surface area contributed by atoms with Gasteiger partial charge in [0.05, 0.1) is 10.9 Å². The second kappa shape index (κ2) is 9.24. The van der Waals surface area contributed by atoms with Crippen molar-refractivity contribution in [2.24, 2.45) is 5.92 Å². The smallest absolute Gasteiger partial charge is 0.260 e. The lowest BCUT2D eigenvalue weighted by atomic mass is 9.97. The normalized spacial score (nSPS) is 16.7. The number of hydrogen-bond acceptors (Lipinski definition) is 3. The summed E-state index contributed by atoms with van der Waals surface area (Å²) in [4.78, 5) is 26.7. The zero-order valence-corrected chi connectivity index (χ0v) is 17.0. The number of carbonyl (C=O) groups excluding carboxylic acids is 2. The van der Waals surface area contributed by atoms with E-state index < -0.39 is 0 Å². The van der Waals surface area contributed by atoms with Crippen LogP contribution in [0, 0.1) is 5.92 Å². The van der Waals surface area contributed by atoms with Crippen LogP contribution in [-0.4, -0.2) is 36.4 Å². The van der Waals surface area contributed by atoms with E-state index in [4.69, 9.17) is 16.3 Å². The highest BCUT2D eigenvalue weighted by molar-refractivity contribution is 9.10. The molecule has 0 bridgehead atoms. The molecule has 7 heteroatoms. The molecule has 1 fully saturated rings. The van der Waals surface area contributed by atoms with Gasteiger partial charge in [0, 0.05) is 23.2 Å². The van der Waals surface area contributed by atoms with Crippen molar-refractivity contribution in [1.29, 1.82) is 0 Å². The Morgan fingerprint density at radius 3 is 2.74 bits per heavy atom. The topological polar surface area (TPSA) is 58.6 Å². The van der Waals surface area contributed by atoms with Crippen molar-refractivity contribution >= 4 is 45.0 Å². The molecule has 0 aromatic heterocycles. The first-order chi connectivity index (χ1) is 13.0. The molecule has 3 rings (SSSR count). The average Bonchev–Trinajstić information content (AvgIpc) is 2.68. The van der Waals surface area contributed by atoms with Gasteiger partial charge in [-0.3, -0.25) is 9.59 Å². The van der Waals surface area contributed by atoms with Crippen molar-refractivity contribution < 1.29 is 14.3 Å². The van der Waals surface area contributed by atoms with Crippen molar-refractivity contribution in [2.45, 2.75) is 12.8 Å². The van der Waals surface area contributed by atoms with Crippen molar-refractivity contribution in [3.05, 3.63) is 58.0 Å². The molecule has 1 saturated heterocycles. The van der Waals surface area contributed by atoms with Crippen LogP contribution in [0.5, 0.6) is 5.75 Å². The summed E-state index contributed by atoms with van der Waals surface area (Å²) in [7, 11) is 0. The number of piperidine rings is 1. The quantitative estimate of drug-likeness (QED) is 0.735. The number of likely N-dealkylation sites (tertiary alicyclic amines) is 1. The lowest BCUT2D eigenvalue weighted by Crippen LogP contribution is -2.45. The molecule has 0 radical (unpaired) electrons. The summed E-state index contributed by atoms with van der Waals surface area (Å²) >= 11 is 9.44. The maximum absolute atomic E-state index is 12.5. The number of anilines is 1. The lowest BCUT2D eigenvalue weighted by molar-refractivity contribution is -0.136. The number of ether oxygens (including phenoxy) is 1. The molecule has 27 heavy (non-hydrogen) atoms. The molecule has 2 aromatic rings. The molecular formula is C20H20BrClN2O3. The molecule has 2 aromatic carbocycles. The number of nitrogens with zero attached hydrogens (tertiary/aromatic N) is 1. The van der Waals surface area contributed by atoms with Gasteiger partial charge in [0.1, 0.15) is 5.75 Å². The minimum absolute atomic E-state index is 0.0597. The van der Waals surface area contributed by atoms with Gasteiger partial charge < -0.3 is 15.0 Å². The van der Waals surface area contributed by atoms with E-state index in [2.05, 4.69) is 21.2 Å². The Hall–Kier alpha value is -2.05. The molecule has 1 aliphatic rings. The SMILES string of the molecule is O=C(Nc1ccccc1)[C@H]1CCCN(C(=O)COc2ccc(Br)cc2Cl)C1. The van der Waals surface area contributed by atoms with E-state index in [9.17, 15) is 9.59 Å². The van der Waals surface area contributed by atoms with Gasteiger partial charge in [0.2, 0.25) is 5.91 Å². The van der Waals surface area contributed by atoms with E-state index in [1.807, 2.05) is 30.3 Å². The first kappa shape index (κ1) is 19.7. The Kier molecular flexibility index (Phi) is 6.74. The van der Waals surface area contributed by atoms with E-state index >= 15 is 0 Å². The largest absolute Gasteiger partial charge is 0.482 e. The molecule has 2 amide bonds. The number of halogens is 2. The Morgan fingerprint density at radius 2 is 2.00 bits per heavy atom. The molecule has 0 aliphatic carbocycles. The standard InChI is InChI=1S/C20H20BrClN2O3/c21-15-8-9-18(17(22)11-15)27-13-19(25)24-10-4-5-14(12-24)20(26)23-16-6-2-1-3-7-16/h1-3,6-9,11,14H,4-5,10,12-13H2,(H,23,26)/t14-/m0/s1. The molecule has 0 saturated carbocycles. The van der Waals surface area contributed by atoms with E-state index in [1.165, 1.54) is 0 Å². The van der Waals surface area contributed by atoms with Crippen LogP contribution in [0.4, 0.5) is 5.69 Å². The fourth-order valence-corrected chi connectivity index (χ4v) is 3.73. The minimum atomic E-state index is -0.223. The monoisotopic (exact) mass is 450 g/mol. The second-order valence-electron chi connectivity index (χ2n) is 6.40. The number of carbonyl (C=O) groups is 2.